The van der Waals surface area contributed by atoms with Gasteiger partial charge in [0, 0.05) is 17.1 Å². The zero-order valence-corrected chi connectivity index (χ0v) is 20.0. The first-order valence-electron chi connectivity index (χ1n) is 11.1. The van der Waals surface area contributed by atoms with Crippen molar-refractivity contribution in [2.75, 3.05) is 10.2 Å². The first kappa shape index (κ1) is 25.5. The summed E-state index contributed by atoms with van der Waals surface area (Å²) in [5.41, 5.74) is 1.83. The van der Waals surface area contributed by atoms with Crippen LogP contribution >= 0.6 is 11.6 Å². The first-order valence-corrected chi connectivity index (χ1v) is 11.4. The van der Waals surface area contributed by atoms with Crippen molar-refractivity contribution in [3.63, 3.8) is 0 Å². The maximum Gasteiger partial charge on any atom is 0.416 e. The van der Waals surface area contributed by atoms with E-state index in [0.717, 1.165) is 35.3 Å². The smallest absolute Gasteiger partial charge is 0.320 e. The van der Waals surface area contributed by atoms with Crippen LogP contribution < -0.4 is 10.2 Å². The Morgan fingerprint density at radius 1 is 0.838 bits per heavy atom. The minimum Gasteiger partial charge on any atom is -0.320 e. The highest BCUT2D eigenvalue weighted by Crippen LogP contribution is 2.35. The summed E-state index contributed by atoms with van der Waals surface area (Å²) < 4.78 is 39.1. The second kappa shape index (κ2) is 11.0. The average molecular weight is 518 g/mol. The number of anilines is 4. The number of nitrogens with zero attached hydrogens (tertiary/aromatic N) is 2. The summed E-state index contributed by atoms with van der Waals surface area (Å²) in [6, 6.07) is 31.1. The summed E-state index contributed by atoms with van der Waals surface area (Å²) in [7, 11) is 0. The zero-order chi connectivity index (χ0) is 26.4. The third-order valence-electron chi connectivity index (χ3n) is 5.40. The number of nitriles is 1. The molecule has 4 nitrogen and oxygen atoms in total. The Bertz CT molecular complexity index is 1420. The summed E-state index contributed by atoms with van der Waals surface area (Å²) >= 11 is 5.96. The third kappa shape index (κ3) is 6.18. The minimum atomic E-state index is -4.60. The van der Waals surface area contributed by atoms with Crippen molar-refractivity contribution in [2.45, 2.75) is 6.18 Å². The molecule has 0 aromatic heterocycles. The fourth-order valence-corrected chi connectivity index (χ4v) is 3.79. The highest BCUT2D eigenvalue weighted by atomic mass is 35.5. The first-order chi connectivity index (χ1) is 17.8. The van der Waals surface area contributed by atoms with Gasteiger partial charge in [-0.2, -0.15) is 18.4 Å². The molecule has 0 saturated heterocycles. The van der Waals surface area contributed by atoms with Gasteiger partial charge in [-0.15, -0.1) is 0 Å². The SMILES string of the molecule is N#C/C(=C/c1ccc(N(c2ccccc2)c2ccccc2)cc1)C(=O)Nc1cc(C(F)(F)F)ccc1Cl. The number of carbonyl (C=O) groups is 1. The molecule has 0 saturated carbocycles. The Kier molecular flexibility index (Phi) is 7.61. The average Bonchev–Trinajstić information content (AvgIpc) is 2.90. The summed E-state index contributed by atoms with van der Waals surface area (Å²) in [5, 5.41) is 11.7. The van der Waals surface area contributed by atoms with Gasteiger partial charge in [0.15, 0.2) is 0 Å². The molecule has 0 bridgehead atoms. The molecule has 8 heteroatoms. The quantitative estimate of drug-likeness (QED) is 0.206. The second-order valence-corrected chi connectivity index (χ2v) is 8.32. The molecule has 37 heavy (non-hydrogen) atoms. The highest BCUT2D eigenvalue weighted by Gasteiger charge is 2.31. The number of carbonyl (C=O) groups excluding carboxylic acids is 1. The van der Waals surface area contributed by atoms with Crippen LogP contribution in [0.5, 0.6) is 0 Å². The van der Waals surface area contributed by atoms with Gasteiger partial charge in [0.25, 0.3) is 5.91 Å². The van der Waals surface area contributed by atoms with Gasteiger partial charge >= 0.3 is 6.18 Å². The number of rotatable bonds is 6. The van der Waals surface area contributed by atoms with Gasteiger partial charge in [-0.05, 0) is 66.2 Å². The summed E-state index contributed by atoms with van der Waals surface area (Å²) in [6.45, 7) is 0. The Morgan fingerprint density at radius 2 is 1.38 bits per heavy atom. The van der Waals surface area contributed by atoms with E-state index in [2.05, 4.69) is 10.2 Å². The molecule has 0 unspecified atom stereocenters. The summed E-state index contributed by atoms with van der Waals surface area (Å²) in [4.78, 5) is 14.7. The van der Waals surface area contributed by atoms with Gasteiger partial charge in [-0.3, -0.25) is 4.79 Å². The fourth-order valence-electron chi connectivity index (χ4n) is 3.62. The van der Waals surface area contributed by atoms with E-state index in [1.54, 1.807) is 18.2 Å². The summed E-state index contributed by atoms with van der Waals surface area (Å²) in [5.74, 6) is -0.872. The number of hydrogen-bond donors (Lipinski definition) is 1. The number of amides is 1. The predicted octanol–water partition coefficient (Wildman–Crippen LogP) is 8.37. The van der Waals surface area contributed by atoms with E-state index in [0.29, 0.717) is 5.56 Å². The molecule has 0 aliphatic rings. The highest BCUT2D eigenvalue weighted by molar-refractivity contribution is 6.34. The van der Waals surface area contributed by atoms with Crippen LogP contribution in [-0.4, -0.2) is 5.91 Å². The molecule has 0 spiro atoms. The molecular formula is C29H19ClF3N3O. The molecule has 0 radical (unpaired) electrons. The van der Waals surface area contributed by atoms with Crippen LogP contribution in [0, 0.1) is 11.3 Å². The fraction of sp³-hybridized carbons (Fsp3) is 0.0345. The van der Waals surface area contributed by atoms with E-state index >= 15 is 0 Å². The maximum atomic E-state index is 13.0. The lowest BCUT2D eigenvalue weighted by Crippen LogP contribution is -2.15. The van der Waals surface area contributed by atoms with E-state index in [4.69, 9.17) is 11.6 Å². The zero-order valence-electron chi connectivity index (χ0n) is 19.2. The molecular weight excluding hydrogens is 499 g/mol. The van der Waals surface area contributed by atoms with Crippen molar-refractivity contribution >= 4 is 46.3 Å². The van der Waals surface area contributed by atoms with E-state index in [9.17, 15) is 23.2 Å². The molecule has 0 aliphatic heterocycles. The van der Waals surface area contributed by atoms with Gasteiger partial charge < -0.3 is 10.2 Å². The van der Waals surface area contributed by atoms with Crippen molar-refractivity contribution in [2.24, 2.45) is 0 Å². The minimum absolute atomic E-state index is 0.0788. The molecule has 1 N–H and O–H groups in total. The van der Waals surface area contributed by atoms with Crippen molar-refractivity contribution in [3.05, 3.63) is 125 Å². The van der Waals surface area contributed by atoms with Gasteiger partial charge in [-0.25, -0.2) is 0 Å². The molecule has 1 amide bonds. The predicted molar refractivity (Wildman–Crippen MR) is 140 cm³/mol. The molecule has 4 rings (SSSR count). The topological polar surface area (TPSA) is 56.1 Å². The van der Waals surface area contributed by atoms with Gasteiger partial charge in [0.1, 0.15) is 11.6 Å². The van der Waals surface area contributed by atoms with Gasteiger partial charge in [-0.1, -0.05) is 60.1 Å². The number of halogens is 4. The van der Waals surface area contributed by atoms with Crippen LogP contribution in [0.3, 0.4) is 0 Å². The van der Waals surface area contributed by atoms with Crippen LogP contribution in [0.2, 0.25) is 5.02 Å². The van der Waals surface area contributed by atoms with Crippen LogP contribution in [0.4, 0.5) is 35.9 Å². The number of alkyl halides is 3. The van der Waals surface area contributed by atoms with Gasteiger partial charge in [0.2, 0.25) is 0 Å². The van der Waals surface area contributed by atoms with E-state index in [-0.39, 0.29) is 16.3 Å². The Labute approximate surface area is 216 Å². The molecule has 4 aromatic rings. The standard InChI is InChI=1S/C29H19ClF3N3O/c30-26-16-13-22(29(31,32)33)18-27(26)35-28(37)21(19-34)17-20-11-14-25(15-12-20)36(23-7-3-1-4-8-23)24-9-5-2-6-10-24/h1-18H,(H,35,37)/b21-17-. The largest absolute Gasteiger partial charge is 0.416 e. The lowest BCUT2D eigenvalue weighted by atomic mass is 10.1. The van der Waals surface area contributed by atoms with E-state index in [1.807, 2.05) is 72.8 Å². The molecule has 0 fully saturated rings. The van der Waals surface area contributed by atoms with Crippen LogP contribution in [-0.2, 0) is 11.0 Å². The monoisotopic (exact) mass is 517 g/mol. The van der Waals surface area contributed by atoms with Crippen molar-refractivity contribution in [3.8, 4) is 6.07 Å². The molecule has 0 aliphatic carbocycles. The third-order valence-corrected chi connectivity index (χ3v) is 5.73. The lowest BCUT2D eigenvalue weighted by Gasteiger charge is -2.25. The van der Waals surface area contributed by atoms with E-state index < -0.39 is 17.6 Å². The number of nitrogens with one attached hydrogen (secondary N) is 1. The number of hydrogen-bond acceptors (Lipinski definition) is 3. The van der Waals surface area contributed by atoms with Crippen LogP contribution in [0.25, 0.3) is 6.08 Å². The lowest BCUT2D eigenvalue weighted by molar-refractivity contribution is -0.137. The Morgan fingerprint density at radius 3 is 1.89 bits per heavy atom. The molecule has 0 atom stereocenters. The van der Waals surface area contributed by atoms with E-state index in [1.165, 1.54) is 6.08 Å². The summed E-state index contributed by atoms with van der Waals surface area (Å²) in [6.07, 6.45) is -3.25. The molecule has 4 aromatic carbocycles. The maximum absolute atomic E-state index is 13.0. The van der Waals surface area contributed by atoms with Crippen LogP contribution in [0.1, 0.15) is 11.1 Å². The Hall–Kier alpha value is -4.54. The Balaban J connectivity index is 1.60. The van der Waals surface area contributed by atoms with Crippen molar-refractivity contribution in [1.82, 2.24) is 0 Å². The van der Waals surface area contributed by atoms with Crippen LogP contribution in [0.15, 0.2) is 109 Å². The number of para-hydroxylation sites is 2. The van der Waals surface area contributed by atoms with Crippen molar-refractivity contribution < 1.29 is 18.0 Å². The molecule has 184 valence electrons. The van der Waals surface area contributed by atoms with Gasteiger partial charge in [0.05, 0.1) is 16.3 Å². The normalized spacial score (nSPS) is 11.5. The second-order valence-electron chi connectivity index (χ2n) is 7.91. The van der Waals surface area contributed by atoms with Crippen molar-refractivity contribution in [1.29, 1.82) is 5.26 Å². The number of benzene rings is 4. The molecule has 0 heterocycles.